The molecule has 0 aliphatic heterocycles. The first kappa shape index (κ1) is 11.7. The third kappa shape index (κ3) is 3.78. The van der Waals surface area contributed by atoms with Crippen LogP contribution in [0.2, 0.25) is 0 Å². The summed E-state index contributed by atoms with van der Waals surface area (Å²) < 4.78 is 0. The fourth-order valence-electron chi connectivity index (χ4n) is 1.48. The predicted molar refractivity (Wildman–Crippen MR) is 61.5 cm³/mol. The van der Waals surface area contributed by atoms with Gasteiger partial charge in [-0.3, -0.25) is 0 Å². The molecule has 80 valence electrons. The van der Waals surface area contributed by atoms with Crippen molar-refractivity contribution in [2.75, 3.05) is 0 Å². The number of nitrogens with two attached hydrogens (primary N) is 1. The lowest BCUT2D eigenvalue weighted by Crippen LogP contribution is -2.34. The van der Waals surface area contributed by atoms with Crippen LogP contribution >= 0.6 is 11.3 Å². The van der Waals surface area contributed by atoms with Gasteiger partial charge in [-0.1, -0.05) is 19.4 Å². The van der Waals surface area contributed by atoms with Gasteiger partial charge in [0, 0.05) is 10.9 Å². The molecule has 2 nitrogen and oxygen atoms in total. The Balaban J connectivity index is 2.24. The maximum atomic E-state index is 9.73. The van der Waals surface area contributed by atoms with E-state index in [-0.39, 0.29) is 12.1 Å². The summed E-state index contributed by atoms with van der Waals surface area (Å²) in [4.78, 5) is 1.33. The van der Waals surface area contributed by atoms with Crippen LogP contribution in [0.4, 0.5) is 0 Å². The number of aliphatic hydroxyl groups is 1. The van der Waals surface area contributed by atoms with Gasteiger partial charge in [-0.2, -0.15) is 0 Å². The molecule has 0 fully saturated rings. The molecular formula is C11H19NOS. The fraction of sp³-hybridized carbons (Fsp3) is 0.636. The van der Waals surface area contributed by atoms with E-state index in [4.69, 9.17) is 5.73 Å². The topological polar surface area (TPSA) is 46.2 Å². The van der Waals surface area contributed by atoms with Crippen LogP contribution in [-0.2, 0) is 6.42 Å². The molecule has 3 heteroatoms. The van der Waals surface area contributed by atoms with Gasteiger partial charge in [-0.05, 0) is 30.7 Å². The zero-order valence-electron chi connectivity index (χ0n) is 8.65. The van der Waals surface area contributed by atoms with E-state index >= 15 is 0 Å². The monoisotopic (exact) mass is 213 g/mol. The van der Waals surface area contributed by atoms with Crippen LogP contribution in [0, 0.1) is 0 Å². The third-order valence-corrected chi connectivity index (χ3v) is 3.32. The molecule has 0 spiro atoms. The molecule has 3 N–H and O–H groups in total. The van der Waals surface area contributed by atoms with E-state index in [1.54, 1.807) is 11.3 Å². The maximum Gasteiger partial charge on any atom is 0.0694 e. The van der Waals surface area contributed by atoms with E-state index < -0.39 is 0 Å². The predicted octanol–water partition coefficient (Wildman–Crippen LogP) is 2.17. The van der Waals surface area contributed by atoms with Crippen molar-refractivity contribution in [3.8, 4) is 0 Å². The van der Waals surface area contributed by atoms with Gasteiger partial charge in [-0.25, -0.2) is 0 Å². The molecule has 1 aromatic rings. The van der Waals surface area contributed by atoms with Gasteiger partial charge in [0.05, 0.1) is 6.10 Å². The van der Waals surface area contributed by atoms with Gasteiger partial charge < -0.3 is 10.8 Å². The van der Waals surface area contributed by atoms with Crippen LogP contribution in [0.25, 0.3) is 0 Å². The molecule has 0 saturated heterocycles. The summed E-state index contributed by atoms with van der Waals surface area (Å²) in [6.45, 7) is 2.09. The summed E-state index contributed by atoms with van der Waals surface area (Å²) in [6, 6.07) is 4.08. The Labute approximate surface area is 89.8 Å². The Morgan fingerprint density at radius 3 is 2.86 bits per heavy atom. The molecule has 1 aromatic heterocycles. The van der Waals surface area contributed by atoms with Crippen molar-refractivity contribution in [1.29, 1.82) is 0 Å². The third-order valence-electron chi connectivity index (χ3n) is 2.38. The molecule has 0 bridgehead atoms. The van der Waals surface area contributed by atoms with Crippen molar-refractivity contribution in [1.82, 2.24) is 0 Å². The Morgan fingerprint density at radius 1 is 1.50 bits per heavy atom. The Morgan fingerprint density at radius 2 is 2.29 bits per heavy atom. The Bertz CT molecular complexity index is 235. The van der Waals surface area contributed by atoms with E-state index in [0.717, 1.165) is 25.7 Å². The first-order chi connectivity index (χ1) is 6.74. The normalized spacial score (nSPS) is 15.4. The molecule has 2 atom stereocenters. The fourth-order valence-corrected chi connectivity index (χ4v) is 2.21. The second-order valence-corrected chi connectivity index (χ2v) is 4.67. The van der Waals surface area contributed by atoms with Crippen LogP contribution in [0.1, 0.15) is 31.1 Å². The summed E-state index contributed by atoms with van der Waals surface area (Å²) in [5.41, 5.74) is 5.82. The van der Waals surface area contributed by atoms with Crippen LogP contribution < -0.4 is 5.73 Å². The van der Waals surface area contributed by atoms with E-state index in [2.05, 4.69) is 18.4 Å². The van der Waals surface area contributed by atoms with Gasteiger partial charge in [0.15, 0.2) is 0 Å². The minimum Gasteiger partial charge on any atom is -0.392 e. The van der Waals surface area contributed by atoms with Crippen molar-refractivity contribution >= 4 is 11.3 Å². The molecule has 1 heterocycles. The van der Waals surface area contributed by atoms with E-state index in [1.807, 2.05) is 6.07 Å². The first-order valence-corrected chi connectivity index (χ1v) is 6.08. The smallest absolute Gasteiger partial charge is 0.0694 e. The minimum atomic E-state index is -0.350. The van der Waals surface area contributed by atoms with Crippen LogP contribution in [0.15, 0.2) is 17.5 Å². The van der Waals surface area contributed by atoms with Crippen LogP contribution in [-0.4, -0.2) is 17.3 Å². The zero-order chi connectivity index (χ0) is 10.4. The largest absolute Gasteiger partial charge is 0.392 e. The number of hydrogen-bond donors (Lipinski definition) is 2. The Hall–Kier alpha value is -0.380. The average molecular weight is 213 g/mol. The molecular weight excluding hydrogens is 194 g/mol. The second-order valence-electron chi connectivity index (χ2n) is 3.64. The highest BCUT2D eigenvalue weighted by Gasteiger charge is 2.13. The van der Waals surface area contributed by atoms with Crippen molar-refractivity contribution in [3.63, 3.8) is 0 Å². The van der Waals surface area contributed by atoms with E-state index in [1.165, 1.54) is 4.88 Å². The van der Waals surface area contributed by atoms with Crippen molar-refractivity contribution in [3.05, 3.63) is 22.4 Å². The first-order valence-electron chi connectivity index (χ1n) is 5.20. The van der Waals surface area contributed by atoms with Gasteiger partial charge in [0.1, 0.15) is 0 Å². The lowest BCUT2D eigenvalue weighted by Gasteiger charge is -2.17. The highest BCUT2D eigenvalue weighted by Crippen LogP contribution is 2.13. The number of thiophene rings is 1. The molecule has 0 aliphatic rings. The average Bonchev–Trinajstić information content (AvgIpc) is 2.67. The van der Waals surface area contributed by atoms with Crippen molar-refractivity contribution < 1.29 is 5.11 Å². The number of hydrogen-bond acceptors (Lipinski definition) is 3. The van der Waals surface area contributed by atoms with Gasteiger partial charge in [-0.15, -0.1) is 11.3 Å². The maximum absolute atomic E-state index is 9.73. The highest BCUT2D eigenvalue weighted by atomic mass is 32.1. The SMILES string of the molecule is CCCC(N)C(O)CCc1cccs1. The second kappa shape index (κ2) is 6.17. The van der Waals surface area contributed by atoms with Crippen LogP contribution in [0.5, 0.6) is 0 Å². The lowest BCUT2D eigenvalue weighted by atomic mass is 10.0. The highest BCUT2D eigenvalue weighted by molar-refractivity contribution is 7.09. The summed E-state index contributed by atoms with van der Waals surface area (Å²) in [7, 11) is 0. The van der Waals surface area contributed by atoms with Crippen molar-refractivity contribution in [2.24, 2.45) is 5.73 Å². The lowest BCUT2D eigenvalue weighted by molar-refractivity contribution is 0.131. The molecule has 0 saturated carbocycles. The number of rotatable bonds is 6. The standard InChI is InChI=1S/C11H19NOS/c1-2-4-10(12)11(13)7-6-9-5-3-8-14-9/h3,5,8,10-11,13H,2,4,6-7,12H2,1H3. The minimum absolute atomic E-state index is 0.0556. The molecule has 1 rings (SSSR count). The summed E-state index contributed by atoms with van der Waals surface area (Å²) in [5, 5.41) is 11.8. The number of aryl methyl sites for hydroxylation is 1. The molecule has 14 heavy (non-hydrogen) atoms. The van der Waals surface area contributed by atoms with Gasteiger partial charge in [0.25, 0.3) is 0 Å². The summed E-state index contributed by atoms with van der Waals surface area (Å²) in [6.07, 6.45) is 3.32. The van der Waals surface area contributed by atoms with E-state index in [9.17, 15) is 5.11 Å². The summed E-state index contributed by atoms with van der Waals surface area (Å²) in [5.74, 6) is 0. The molecule has 0 amide bonds. The molecule has 0 aromatic carbocycles. The number of aliphatic hydroxyl groups excluding tert-OH is 1. The molecule has 2 unspecified atom stereocenters. The molecule has 0 aliphatic carbocycles. The van der Waals surface area contributed by atoms with Gasteiger partial charge >= 0.3 is 0 Å². The van der Waals surface area contributed by atoms with E-state index in [0.29, 0.717) is 0 Å². The summed E-state index contributed by atoms with van der Waals surface area (Å²) >= 11 is 1.74. The zero-order valence-corrected chi connectivity index (χ0v) is 9.46. The molecule has 0 radical (unpaired) electrons. The van der Waals surface area contributed by atoms with Crippen molar-refractivity contribution in [2.45, 2.75) is 44.8 Å². The quantitative estimate of drug-likeness (QED) is 0.760. The Kier molecular flexibility index (Phi) is 5.15. The van der Waals surface area contributed by atoms with Gasteiger partial charge in [0.2, 0.25) is 0 Å². The van der Waals surface area contributed by atoms with Crippen LogP contribution in [0.3, 0.4) is 0 Å².